The molecule has 144 valence electrons. The number of nitrogens with one attached hydrogen (secondary N) is 1. The SMILES string of the molecule is O=C(CC(c1ccccc1)C(F)(F)F)N1CCNCC1c1ccccc1Cl. The molecule has 2 atom stereocenters. The fourth-order valence-electron chi connectivity index (χ4n) is 3.43. The number of halogens is 4. The molecule has 0 radical (unpaired) electrons. The number of hydrogen-bond donors (Lipinski definition) is 1. The molecule has 3 nitrogen and oxygen atoms in total. The van der Waals surface area contributed by atoms with Gasteiger partial charge >= 0.3 is 6.18 Å². The average molecular weight is 397 g/mol. The van der Waals surface area contributed by atoms with Gasteiger partial charge in [-0.3, -0.25) is 4.79 Å². The second-order valence-electron chi connectivity index (χ2n) is 6.54. The smallest absolute Gasteiger partial charge is 0.333 e. The Hall–Kier alpha value is -2.05. The van der Waals surface area contributed by atoms with E-state index in [2.05, 4.69) is 5.32 Å². The molecule has 0 aromatic heterocycles. The van der Waals surface area contributed by atoms with Crippen LogP contribution in [0.4, 0.5) is 13.2 Å². The lowest BCUT2D eigenvalue weighted by Crippen LogP contribution is -2.49. The highest BCUT2D eigenvalue weighted by molar-refractivity contribution is 6.31. The zero-order chi connectivity index (χ0) is 19.4. The number of benzene rings is 2. The van der Waals surface area contributed by atoms with Gasteiger partial charge in [-0.15, -0.1) is 0 Å². The first-order valence-electron chi connectivity index (χ1n) is 8.74. The van der Waals surface area contributed by atoms with Gasteiger partial charge < -0.3 is 10.2 Å². The molecule has 2 unspecified atom stereocenters. The number of hydrogen-bond acceptors (Lipinski definition) is 2. The number of piperazine rings is 1. The number of amides is 1. The van der Waals surface area contributed by atoms with E-state index in [1.807, 2.05) is 0 Å². The summed E-state index contributed by atoms with van der Waals surface area (Å²) in [6, 6.07) is 14.3. The van der Waals surface area contributed by atoms with Crippen molar-refractivity contribution in [3.63, 3.8) is 0 Å². The van der Waals surface area contributed by atoms with E-state index < -0.39 is 24.4 Å². The van der Waals surface area contributed by atoms with Gasteiger partial charge in [0.25, 0.3) is 0 Å². The minimum Gasteiger partial charge on any atom is -0.333 e. The first kappa shape index (κ1) is 19.7. The molecule has 1 fully saturated rings. The van der Waals surface area contributed by atoms with Crippen LogP contribution in [0, 0.1) is 0 Å². The summed E-state index contributed by atoms with van der Waals surface area (Å²) in [4.78, 5) is 14.4. The topological polar surface area (TPSA) is 32.3 Å². The van der Waals surface area contributed by atoms with E-state index in [9.17, 15) is 18.0 Å². The van der Waals surface area contributed by atoms with Crippen molar-refractivity contribution >= 4 is 17.5 Å². The molecule has 1 aliphatic rings. The van der Waals surface area contributed by atoms with Crippen molar-refractivity contribution < 1.29 is 18.0 Å². The minimum atomic E-state index is -4.50. The Morgan fingerprint density at radius 1 is 1.15 bits per heavy atom. The van der Waals surface area contributed by atoms with Crippen molar-refractivity contribution in [1.29, 1.82) is 0 Å². The highest BCUT2D eigenvalue weighted by Crippen LogP contribution is 2.39. The number of rotatable bonds is 4. The molecule has 7 heteroatoms. The monoisotopic (exact) mass is 396 g/mol. The third-order valence-electron chi connectivity index (χ3n) is 4.80. The maximum absolute atomic E-state index is 13.6. The van der Waals surface area contributed by atoms with Crippen molar-refractivity contribution in [3.8, 4) is 0 Å². The highest BCUT2D eigenvalue weighted by atomic mass is 35.5. The van der Waals surface area contributed by atoms with Gasteiger partial charge in [-0.2, -0.15) is 13.2 Å². The highest BCUT2D eigenvalue weighted by Gasteiger charge is 2.43. The second kappa shape index (κ2) is 8.31. The predicted octanol–water partition coefficient (Wildman–Crippen LogP) is 4.55. The second-order valence-corrected chi connectivity index (χ2v) is 6.94. The summed E-state index contributed by atoms with van der Waals surface area (Å²) >= 11 is 6.26. The number of nitrogens with zero attached hydrogens (tertiary/aromatic N) is 1. The Labute approximate surface area is 161 Å². The van der Waals surface area contributed by atoms with Crippen molar-refractivity contribution in [2.45, 2.75) is 24.6 Å². The molecule has 1 heterocycles. The van der Waals surface area contributed by atoms with Crippen LogP contribution in [0.5, 0.6) is 0 Å². The van der Waals surface area contributed by atoms with Crippen LogP contribution in [0.1, 0.15) is 29.5 Å². The van der Waals surface area contributed by atoms with Gasteiger partial charge in [0, 0.05) is 31.1 Å². The molecular formula is C20H20ClF3N2O. The van der Waals surface area contributed by atoms with Crippen LogP contribution in [0.3, 0.4) is 0 Å². The van der Waals surface area contributed by atoms with Gasteiger partial charge in [-0.1, -0.05) is 60.1 Å². The molecule has 27 heavy (non-hydrogen) atoms. The third kappa shape index (κ3) is 4.62. The van der Waals surface area contributed by atoms with Gasteiger partial charge in [0.15, 0.2) is 0 Å². The lowest BCUT2D eigenvalue weighted by Gasteiger charge is -2.38. The van der Waals surface area contributed by atoms with E-state index in [1.54, 1.807) is 42.5 Å². The Kier molecular flexibility index (Phi) is 6.07. The summed E-state index contributed by atoms with van der Waals surface area (Å²) in [6.45, 7) is 1.33. The molecule has 2 aromatic rings. The normalized spacial score (nSPS) is 19.0. The molecule has 0 bridgehead atoms. The maximum Gasteiger partial charge on any atom is 0.396 e. The van der Waals surface area contributed by atoms with Crippen LogP contribution in [-0.2, 0) is 4.79 Å². The Morgan fingerprint density at radius 3 is 2.48 bits per heavy atom. The first-order chi connectivity index (χ1) is 12.9. The minimum absolute atomic E-state index is 0.0998. The molecule has 1 N–H and O–H groups in total. The largest absolute Gasteiger partial charge is 0.396 e. The maximum atomic E-state index is 13.6. The lowest BCUT2D eigenvalue weighted by atomic mass is 9.93. The van der Waals surface area contributed by atoms with Gasteiger partial charge in [-0.05, 0) is 17.2 Å². The zero-order valence-corrected chi connectivity index (χ0v) is 15.3. The van der Waals surface area contributed by atoms with E-state index in [0.717, 1.165) is 5.56 Å². The summed E-state index contributed by atoms with van der Waals surface area (Å²) in [5.41, 5.74) is 0.839. The first-order valence-corrected chi connectivity index (χ1v) is 9.12. The fraction of sp³-hybridized carbons (Fsp3) is 0.350. The van der Waals surface area contributed by atoms with Crippen LogP contribution >= 0.6 is 11.6 Å². The summed E-state index contributed by atoms with van der Waals surface area (Å²) < 4.78 is 40.8. The van der Waals surface area contributed by atoms with Gasteiger partial charge in [-0.25, -0.2) is 0 Å². The zero-order valence-electron chi connectivity index (χ0n) is 14.5. The van der Waals surface area contributed by atoms with E-state index in [1.165, 1.54) is 17.0 Å². The number of carbonyl (C=O) groups excluding carboxylic acids is 1. The molecule has 1 aliphatic heterocycles. The Balaban J connectivity index is 1.85. The van der Waals surface area contributed by atoms with Gasteiger partial charge in [0.2, 0.25) is 5.91 Å². The summed E-state index contributed by atoms with van der Waals surface area (Å²) in [5, 5.41) is 3.69. The van der Waals surface area contributed by atoms with Crippen LogP contribution in [0.2, 0.25) is 5.02 Å². The third-order valence-corrected chi connectivity index (χ3v) is 5.15. The average Bonchev–Trinajstić information content (AvgIpc) is 2.66. The van der Waals surface area contributed by atoms with E-state index in [0.29, 0.717) is 24.7 Å². The molecule has 3 rings (SSSR count). The van der Waals surface area contributed by atoms with Crippen molar-refractivity contribution in [1.82, 2.24) is 10.2 Å². The molecular weight excluding hydrogens is 377 g/mol. The quantitative estimate of drug-likeness (QED) is 0.822. The van der Waals surface area contributed by atoms with Gasteiger partial charge in [0.1, 0.15) is 0 Å². The van der Waals surface area contributed by atoms with Crippen LogP contribution in [-0.4, -0.2) is 36.6 Å². The molecule has 0 saturated carbocycles. The lowest BCUT2D eigenvalue weighted by molar-refractivity contribution is -0.162. The molecule has 1 amide bonds. The Bertz CT molecular complexity index is 782. The molecule has 2 aromatic carbocycles. The summed E-state index contributed by atoms with van der Waals surface area (Å²) in [7, 11) is 0. The van der Waals surface area contributed by atoms with Crippen molar-refractivity contribution in [2.24, 2.45) is 0 Å². The van der Waals surface area contributed by atoms with Crippen LogP contribution < -0.4 is 5.32 Å². The van der Waals surface area contributed by atoms with Crippen LogP contribution in [0.15, 0.2) is 54.6 Å². The van der Waals surface area contributed by atoms with Gasteiger partial charge in [0.05, 0.1) is 12.0 Å². The van der Waals surface area contributed by atoms with Crippen LogP contribution in [0.25, 0.3) is 0 Å². The standard InChI is InChI=1S/C20H20ClF3N2O/c21-17-9-5-4-8-15(17)18-13-25-10-11-26(18)19(27)12-16(20(22,23)24)14-6-2-1-3-7-14/h1-9,16,18,25H,10-13H2. The Morgan fingerprint density at radius 2 is 1.81 bits per heavy atom. The predicted molar refractivity (Wildman–Crippen MR) is 98.6 cm³/mol. The number of carbonyl (C=O) groups is 1. The summed E-state index contributed by atoms with van der Waals surface area (Å²) in [5.74, 6) is -2.35. The van der Waals surface area contributed by atoms with Crippen molar-refractivity contribution in [3.05, 3.63) is 70.7 Å². The summed E-state index contributed by atoms with van der Waals surface area (Å²) in [6.07, 6.45) is -5.11. The molecule has 0 spiro atoms. The van der Waals surface area contributed by atoms with Crippen molar-refractivity contribution in [2.75, 3.05) is 19.6 Å². The van der Waals surface area contributed by atoms with E-state index in [4.69, 9.17) is 11.6 Å². The molecule has 1 saturated heterocycles. The molecule has 0 aliphatic carbocycles. The fourth-order valence-corrected chi connectivity index (χ4v) is 3.69. The number of alkyl halides is 3. The van der Waals surface area contributed by atoms with E-state index >= 15 is 0 Å². The van der Waals surface area contributed by atoms with E-state index in [-0.39, 0.29) is 11.6 Å².